The first-order chi connectivity index (χ1) is 10.8. The van der Waals surface area contributed by atoms with Crippen LogP contribution in [0.25, 0.3) is 11.1 Å². The average Bonchev–Trinajstić information content (AvgIpc) is 2.76. The van der Waals surface area contributed by atoms with Crippen LogP contribution in [0.5, 0.6) is 0 Å². The van der Waals surface area contributed by atoms with Gasteiger partial charge < -0.3 is 14.4 Å². The topological polar surface area (TPSA) is 38.7 Å². The lowest BCUT2D eigenvalue weighted by molar-refractivity contribution is 0.00578. The predicted molar refractivity (Wildman–Crippen MR) is 93.5 cm³/mol. The van der Waals surface area contributed by atoms with Crippen LogP contribution in [0.2, 0.25) is 0 Å². The third-order valence-electron chi connectivity index (χ3n) is 4.85. The molecule has 120 valence electrons. The van der Waals surface area contributed by atoms with Crippen LogP contribution in [0.4, 0.5) is 0 Å². The summed E-state index contributed by atoms with van der Waals surface area (Å²) < 4.78 is 12.2. The molecule has 23 heavy (non-hydrogen) atoms. The van der Waals surface area contributed by atoms with Gasteiger partial charge in [-0.1, -0.05) is 42.5 Å². The second-order valence-electron chi connectivity index (χ2n) is 7.07. The van der Waals surface area contributed by atoms with E-state index in [1.165, 1.54) is 0 Å². The molecule has 0 saturated carbocycles. The van der Waals surface area contributed by atoms with Crippen LogP contribution < -0.4 is 5.46 Å². The van der Waals surface area contributed by atoms with Crippen molar-refractivity contribution in [3.63, 3.8) is 0 Å². The standard InChI is InChI=1S/C19H23BO3/c1-18(2)19(3,4)23-20(22-18)17-10-6-9-16(12-17)15-8-5-7-14(11-15)13-21/h5-12,21H,13H2,1-4H3. The zero-order valence-electron chi connectivity index (χ0n) is 14.2. The van der Waals surface area contributed by atoms with E-state index in [2.05, 4.69) is 39.8 Å². The molecule has 4 heteroatoms. The van der Waals surface area contributed by atoms with E-state index in [0.29, 0.717) is 0 Å². The maximum absolute atomic E-state index is 9.31. The van der Waals surface area contributed by atoms with Crippen molar-refractivity contribution < 1.29 is 14.4 Å². The number of hydrogen-bond donors (Lipinski definition) is 1. The van der Waals surface area contributed by atoms with Gasteiger partial charge >= 0.3 is 7.12 Å². The largest absolute Gasteiger partial charge is 0.494 e. The number of hydrogen-bond acceptors (Lipinski definition) is 3. The molecular formula is C19H23BO3. The summed E-state index contributed by atoms with van der Waals surface area (Å²) >= 11 is 0. The van der Waals surface area contributed by atoms with Gasteiger partial charge in [0.15, 0.2) is 0 Å². The van der Waals surface area contributed by atoms with Crippen molar-refractivity contribution in [1.29, 1.82) is 0 Å². The van der Waals surface area contributed by atoms with Crippen LogP contribution >= 0.6 is 0 Å². The van der Waals surface area contributed by atoms with E-state index in [0.717, 1.165) is 22.2 Å². The van der Waals surface area contributed by atoms with Crippen LogP contribution in [0.15, 0.2) is 48.5 Å². The molecule has 0 unspecified atom stereocenters. The van der Waals surface area contributed by atoms with E-state index in [-0.39, 0.29) is 24.9 Å². The zero-order chi connectivity index (χ0) is 16.7. The molecule has 0 atom stereocenters. The van der Waals surface area contributed by atoms with E-state index in [9.17, 15) is 5.11 Å². The highest BCUT2D eigenvalue weighted by atomic mass is 16.7. The summed E-state index contributed by atoms with van der Waals surface area (Å²) in [5.74, 6) is 0. The van der Waals surface area contributed by atoms with Crippen molar-refractivity contribution in [2.24, 2.45) is 0 Å². The van der Waals surface area contributed by atoms with Gasteiger partial charge in [0.25, 0.3) is 0 Å². The molecule has 0 spiro atoms. The lowest BCUT2D eigenvalue weighted by atomic mass is 9.78. The third-order valence-corrected chi connectivity index (χ3v) is 4.85. The summed E-state index contributed by atoms with van der Waals surface area (Å²) in [5.41, 5.74) is 3.40. The van der Waals surface area contributed by atoms with Gasteiger partial charge in [-0.15, -0.1) is 0 Å². The van der Waals surface area contributed by atoms with Crippen molar-refractivity contribution >= 4 is 12.6 Å². The number of benzene rings is 2. The molecular weight excluding hydrogens is 287 g/mol. The number of aliphatic hydroxyl groups excluding tert-OH is 1. The molecule has 2 aromatic rings. The summed E-state index contributed by atoms with van der Waals surface area (Å²) in [6, 6.07) is 16.1. The van der Waals surface area contributed by atoms with Gasteiger partial charge in [-0.2, -0.15) is 0 Å². The van der Waals surface area contributed by atoms with Crippen LogP contribution in [0, 0.1) is 0 Å². The maximum Gasteiger partial charge on any atom is 0.494 e. The molecule has 0 aliphatic carbocycles. The highest BCUT2D eigenvalue weighted by Gasteiger charge is 2.51. The molecule has 1 N–H and O–H groups in total. The van der Waals surface area contributed by atoms with Crippen LogP contribution in [-0.2, 0) is 15.9 Å². The average molecular weight is 310 g/mol. The van der Waals surface area contributed by atoms with Crippen molar-refractivity contribution in [3.05, 3.63) is 54.1 Å². The third kappa shape index (κ3) is 3.07. The van der Waals surface area contributed by atoms with E-state index in [1.54, 1.807) is 0 Å². The molecule has 1 aliphatic heterocycles. The van der Waals surface area contributed by atoms with Gasteiger partial charge in [0.05, 0.1) is 17.8 Å². The lowest BCUT2D eigenvalue weighted by Gasteiger charge is -2.32. The SMILES string of the molecule is CC1(C)OB(c2cccc(-c3cccc(CO)c3)c2)OC1(C)C. The second kappa shape index (κ2) is 5.79. The predicted octanol–water partition coefficient (Wildman–Crippen LogP) is 3.15. The Balaban J connectivity index is 1.92. The molecule has 1 saturated heterocycles. The van der Waals surface area contributed by atoms with Gasteiger partial charge in [0, 0.05) is 0 Å². The van der Waals surface area contributed by atoms with Crippen LogP contribution in [0.1, 0.15) is 33.3 Å². The fraction of sp³-hybridized carbons (Fsp3) is 0.368. The Morgan fingerprint density at radius 3 is 2.04 bits per heavy atom. The Hall–Kier alpha value is -1.62. The van der Waals surface area contributed by atoms with Crippen molar-refractivity contribution in [1.82, 2.24) is 0 Å². The second-order valence-corrected chi connectivity index (χ2v) is 7.07. The summed E-state index contributed by atoms with van der Waals surface area (Å²) in [6.07, 6.45) is 0. The monoisotopic (exact) mass is 310 g/mol. The van der Waals surface area contributed by atoms with Gasteiger partial charge in [-0.25, -0.2) is 0 Å². The lowest BCUT2D eigenvalue weighted by Crippen LogP contribution is -2.41. The molecule has 1 aliphatic rings. The van der Waals surface area contributed by atoms with Crippen molar-refractivity contribution in [2.45, 2.75) is 45.5 Å². The molecule has 0 radical (unpaired) electrons. The summed E-state index contributed by atoms with van der Waals surface area (Å²) in [5, 5.41) is 9.31. The summed E-state index contributed by atoms with van der Waals surface area (Å²) in [6.45, 7) is 8.27. The van der Waals surface area contributed by atoms with E-state index >= 15 is 0 Å². The first-order valence-corrected chi connectivity index (χ1v) is 7.98. The molecule has 0 bridgehead atoms. The first-order valence-electron chi connectivity index (χ1n) is 7.98. The number of aliphatic hydroxyl groups is 1. The van der Waals surface area contributed by atoms with Crippen LogP contribution in [0.3, 0.4) is 0 Å². The van der Waals surface area contributed by atoms with Gasteiger partial charge in [-0.3, -0.25) is 0 Å². The van der Waals surface area contributed by atoms with Gasteiger partial charge in [0.2, 0.25) is 0 Å². The smallest absolute Gasteiger partial charge is 0.399 e. The van der Waals surface area contributed by atoms with E-state index in [1.807, 2.05) is 36.4 Å². The van der Waals surface area contributed by atoms with Crippen LogP contribution in [-0.4, -0.2) is 23.4 Å². The van der Waals surface area contributed by atoms with Crippen molar-refractivity contribution in [2.75, 3.05) is 0 Å². The highest BCUT2D eigenvalue weighted by Crippen LogP contribution is 2.36. The molecule has 2 aromatic carbocycles. The first kappa shape index (κ1) is 16.3. The Morgan fingerprint density at radius 1 is 0.870 bits per heavy atom. The molecule has 3 rings (SSSR count). The highest BCUT2D eigenvalue weighted by molar-refractivity contribution is 6.62. The Labute approximate surface area is 138 Å². The molecule has 1 heterocycles. The minimum absolute atomic E-state index is 0.0464. The fourth-order valence-corrected chi connectivity index (χ4v) is 2.69. The van der Waals surface area contributed by atoms with E-state index in [4.69, 9.17) is 9.31 Å². The quantitative estimate of drug-likeness (QED) is 0.885. The maximum atomic E-state index is 9.31. The fourth-order valence-electron chi connectivity index (χ4n) is 2.69. The molecule has 0 amide bonds. The molecule has 1 fully saturated rings. The minimum atomic E-state index is -0.360. The Kier molecular flexibility index (Phi) is 4.09. The minimum Gasteiger partial charge on any atom is -0.399 e. The van der Waals surface area contributed by atoms with Gasteiger partial charge in [-0.05, 0) is 55.9 Å². The zero-order valence-corrected chi connectivity index (χ0v) is 14.2. The summed E-state index contributed by atoms with van der Waals surface area (Å²) in [7, 11) is -0.360. The Morgan fingerprint density at radius 2 is 1.43 bits per heavy atom. The summed E-state index contributed by atoms with van der Waals surface area (Å²) in [4.78, 5) is 0. The van der Waals surface area contributed by atoms with E-state index < -0.39 is 0 Å². The molecule has 0 aromatic heterocycles. The molecule has 3 nitrogen and oxygen atoms in total. The van der Waals surface area contributed by atoms with Crippen molar-refractivity contribution in [3.8, 4) is 11.1 Å². The Bertz CT molecular complexity index is 693. The number of rotatable bonds is 3. The normalized spacial score (nSPS) is 19.1. The van der Waals surface area contributed by atoms with Gasteiger partial charge in [0.1, 0.15) is 0 Å².